The molecule has 0 aliphatic carbocycles. The van der Waals surface area contributed by atoms with Crippen LogP contribution in [0.25, 0.3) is 28.1 Å². The molecule has 6 rings (SSSR count). The first kappa shape index (κ1) is 30.9. The van der Waals surface area contributed by atoms with Gasteiger partial charge in [0.15, 0.2) is 11.0 Å². The molecule has 6 aromatic rings. The first-order valence-corrected chi connectivity index (χ1v) is 15.6. The number of amidine groups is 1. The van der Waals surface area contributed by atoms with E-state index >= 15 is 0 Å². The van der Waals surface area contributed by atoms with Crippen LogP contribution in [0.5, 0.6) is 5.75 Å². The van der Waals surface area contributed by atoms with Crippen molar-refractivity contribution < 1.29 is 17.9 Å². The fraction of sp³-hybridized carbons (Fsp3) is 0.125. The number of hydrazone groups is 1. The molecule has 2 aromatic heterocycles. The minimum absolute atomic E-state index is 0.309. The van der Waals surface area contributed by atoms with E-state index < -0.39 is 6.36 Å². The number of nitrogens with zero attached hydrogens (tertiary/aromatic N) is 7. The number of alkyl halides is 3. The highest BCUT2D eigenvalue weighted by Crippen LogP contribution is 2.27. The predicted molar refractivity (Wildman–Crippen MR) is 176 cm³/mol. The highest BCUT2D eigenvalue weighted by molar-refractivity contribution is 8.13. The van der Waals surface area contributed by atoms with Gasteiger partial charge in [-0.2, -0.15) is 13.8 Å². The topological polar surface area (TPSA) is 102 Å². The van der Waals surface area contributed by atoms with Gasteiger partial charge >= 0.3 is 6.36 Å². The van der Waals surface area contributed by atoms with Gasteiger partial charge in [0, 0.05) is 11.3 Å². The van der Waals surface area contributed by atoms with E-state index in [-0.39, 0.29) is 5.75 Å². The molecule has 0 bridgehead atoms. The lowest BCUT2D eigenvalue weighted by Crippen LogP contribution is -2.17. The summed E-state index contributed by atoms with van der Waals surface area (Å²) in [6.07, 6.45) is -1.56. The molecule has 1 N–H and O–H groups in total. The summed E-state index contributed by atoms with van der Waals surface area (Å²) in [6, 6.07) is 24.9. The number of ether oxygens (including phenoxy) is 1. The molecule has 46 heavy (non-hydrogen) atoms. The lowest BCUT2D eigenvalue weighted by molar-refractivity contribution is -0.274. The molecule has 14 heteroatoms. The number of hydrogen-bond acceptors (Lipinski definition) is 9. The smallest absolute Gasteiger partial charge is 0.406 e. The van der Waals surface area contributed by atoms with Crippen molar-refractivity contribution >= 4 is 51.6 Å². The van der Waals surface area contributed by atoms with Crippen LogP contribution in [0.4, 0.5) is 18.9 Å². The lowest BCUT2D eigenvalue weighted by Gasteiger charge is -2.09. The standard InChI is InChI=1S/C32H25F3N8OS2/c1-20-5-3-6-21(2)28(20)38-31(45-18-24-7-4-8-27-29(24)42-46-41-27)39-37-17-22-9-11-23(12-10-22)30-36-19-43(40-30)25-13-15-26(16-14-25)44-32(33,34)35/h3-17,19H,18H2,1-2H3,(H,38,39)/b37-17+. The molecule has 9 nitrogen and oxygen atoms in total. The molecular weight excluding hydrogens is 634 g/mol. The molecule has 0 saturated carbocycles. The Balaban J connectivity index is 1.14. The van der Waals surface area contributed by atoms with Crippen LogP contribution < -0.4 is 10.2 Å². The van der Waals surface area contributed by atoms with Crippen molar-refractivity contribution in [2.75, 3.05) is 0 Å². The van der Waals surface area contributed by atoms with Crippen molar-refractivity contribution in [2.24, 2.45) is 10.1 Å². The second-order valence-corrected chi connectivity index (χ2v) is 11.5. The van der Waals surface area contributed by atoms with E-state index in [0.717, 1.165) is 44.5 Å². The van der Waals surface area contributed by atoms with Crippen LogP contribution in [0.1, 0.15) is 22.3 Å². The molecule has 0 saturated heterocycles. The zero-order valence-electron chi connectivity index (χ0n) is 24.4. The Morgan fingerprint density at radius 1 is 0.957 bits per heavy atom. The number of hydrogen-bond donors (Lipinski definition) is 1. The quantitative estimate of drug-likeness (QED) is 0.100. The van der Waals surface area contributed by atoms with Crippen LogP contribution in [0, 0.1) is 13.8 Å². The Morgan fingerprint density at radius 2 is 1.70 bits per heavy atom. The van der Waals surface area contributed by atoms with Crippen molar-refractivity contribution in [3.63, 3.8) is 0 Å². The first-order valence-electron chi connectivity index (χ1n) is 13.9. The summed E-state index contributed by atoms with van der Waals surface area (Å²) in [5, 5.41) is 9.56. The van der Waals surface area contributed by atoms with E-state index in [0.29, 0.717) is 22.4 Å². The van der Waals surface area contributed by atoms with Gasteiger partial charge in [0.2, 0.25) is 0 Å². The Bertz CT molecular complexity index is 2000. The highest BCUT2D eigenvalue weighted by Gasteiger charge is 2.31. The Kier molecular flexibility index (Phi) is 9.08. The summed E-state index contributed by atoms with van der Waals surface area (Å²) in [5.74, 6) is 0.785. The Hall–Kier alpha value is -5.08. The number of aliphatic imine (C=N–C) groups is 1. The SMILES string of the molecule is Cc1cccc(C)c1/N=C(/N/N=C/c1ccc(-c2ncn(-c3ccc(OC(F)(F)F)cc3)n2)cc1)SCc1cccc2nsnc12. The summed E-state index contributed by atoms with van der Waals surface area (Å²) in [5.41, 5.74) is 11.1. The molecule has 0 radical (unpaired) electrons. The van der Waals surface area contributed by atoms with Crippen LogP contribution in [0.3, 0.4) is 0 Å². The third-order valence-corrected chi connectivity index (χ3v) is 8.21. The van der Waals surface area contributed by atoms with Gasteiger partial charge in [0.1, 0.15) is 23.1 Å². The first-order chi connectivity index (χ1) is 22.2. The van der Waals surface area contributed by atoms with E-state index in [4.69, 9.17) is 4.99 Å². The Labute approximate surface area is 270 Å². The molecule has 0 atom stereocenters. The molecule has 4 aromatic carbocycles. The maximum absolute atomic E-state index is 12.4. The van der Waals surface area contributed by atoms with Crippen molar-refractivity contribution in [3.8, 4) is 22.8 Å². The van der Waals surface area contributed by atoms with Crippen LogP contribution in [0.15, 0.2) is 101 Å². The fourth-order valence-corrected chi connectivity index (χ4v) is 5.87. The number of thioether (sulfide) groups is 1. The van der Waals surface area contributed by atoms with Crippen LogP contribution in [0.2, 0.25) is 0 Å². The third kappa shape index (κ3) is 7.58. The number of halogens is 3. The number of benzene rings is 4. The minimum Gasteiger partial charge on any atom is -0.406 e. The molecule has 0 unspecified atom stereocenters. The van der Waals surface area contributed by atoms with Gasteiger partial charge in [-0.3, -0.25) is 5.43 Å². The monoisotopic (exact) mass is 658 g/mol. The average molecular weight is 659 g/mol. The van der Waals surface area contributed by atoms with Gasteiger partial charge in [-0.05, 0) is 66.4 Å². The zero-order valence-corrected chi connectivity index (χ0v) is 26.1. The van der Waals surface area contributed by atoms with Crippen LogP contribution in [-0.4, -0.2) is 41.3 Å². The number of aromatic nitrogens is 5. The molecule has 0 spiro atoms. The van der Waals surface area contributed by atoms with Gasteiger partial charge in [0.05, 0.1) is 29.3 Å². The zero-order chi connectivity index (χ0) is 32.1. The summed E-state index contributed by atoms with van der Waals surface area (Å²) < 4.78 is 51.5. The summed E-state index contributed by atoms with van der Waals surface area (Å²) in [4.78, 5) is 9.26. The molecule has 2 heterocycles. The highest BCUT2D eigenvalue weighted by atomic mass is 32.2. The molecule has 0 amide bonds. The number of nitrogens with one attached hydrogen (secondary N) is 1. The van der Waals surface area contributed by atoms with Crippen molar-refractivity contribution in [1.82, 2.24) is 28.9 Å². The van der Waals surface area contributed by atoms with Gasteiger partial charge in [-0.25, -0.2) is 14.7 Å². The second kappa shape index (κ2) is 13.5. The minimum atomic E-state index is -4.75. The number of para-hydroxylation sites is 1. The second-order valence-electron chi connectivity index (χ2n) is 10.0. The molecule has 0 aliphatic heterocycles. The van der Waals surface area contributed by atoms with E-state index in [1.807, 2.05) is 74.5 Å². The van der Waals surface area contributed by atoms with Crippen molar-refractivity contribution in [1.29, 1.82) is 0 Å². The van der Waals surface area contributed by atoms with Gasteiger partial charge in [0.25, 0.3) is 0 Å². The predicted octanol–water partition coefficient (Wildman–Crippen LogP) is 8.00. The maximum atomic E-state index is 12.4. The normalized spacial score (nSPS) is 12.2. The van der Waals surface area contributed by atoms with Gasteiger partial charge < -0.3 is 4.74 Å². The number of aryl methyl sites for hydroxylation is 2. The van der Waals surface area contributed by atoms with Crippen molar-refractivity contribution in [3.05, 3.63) is 114 Å². The molecular formula is C32H25F3N8OS2. The van der Waals surface area contributed by atoms with Crippen LogP contribution in [-0.2, 0) is 5.75 Å². The average Bonchev–Trinajstić information content (AvgIpc) is 3.72. The fourth-order valence-electron chi connectivity index (χ4n) is 4.50. The lowest BCUT2D eigenvalue weighted by atomic mass is 10.1. The largest absolute Gasteiger partial charge is 0.573 e. The van der Waals surface area contributed by atoms with Gasteiger partial charge in [-0.15, -0.1) is 18.3 Å². The van der Waals surface area contributed by atoms with Crippen LogP contribution >= 0.6 is 23.5 Å². The summed E-state index contributed by atoms with van der Waals surface area (Å²) in [6.45, 7) is 4.06. The molecule has 0 fully saturated rings. The van der Waals surface area contributed by atoms with Gasteiger partial charge in [-0.1, -0.05) is 66.4 Å². The van der Waals surface area contributed by atoms with E-state index in [2.05, 4.69) is 34.1 Å². The Morgan fingerprint density at radius 3 is 2.43 bits per heavy atom. The molecule has 0 aliphatic rings. The van der Waals surface area contributed by atoms with E-state index in [1.54, 1.807) is 6.21 Å². The number of rotatable bonds is 8. The maximum Gasteiger partial charge on any atom is 0.573 e. The van der Waals surface area contributed by atoms with E-state index in [9.17, 15) is 13.2 Å². The third-order valence-electron chi connectivity index (χ3n) is 6.76. The summed E-state index contributed by atoms with van der Waals surface area (Å²) >= 11 is 2.73. The van der Waals surface area contributed by atoms with Crippen molar-refractivity contribution in [2.45, 2.75) is 26.0 Å². The number of fused-ring (bicyclic) bond motifs is 1. The molecule has 232 valence electrons. The summed E-state index contributed by atoms with van der Waals surface area (Å²) in [7, 11) is 0. The van der Waals surface area contributed by atoms with E-state index in [1.165, 1.54) is 58.8 Å².